The fourth-order valence-corrected chi connectivity index (χ4v) is 0.972. The van der Waals surface area contributed by atoms with Gasteiger partial charge in [-0.25, -0.2) is 0 Å². The highest BCUT2D eigenvalue weighted by Crippen LogP contribution is 2.31. The minimum atomic E-state index is 0.500. The van der Waals surface area contributed by atoms with Gasteiger partial charge in [0, 0.05) is 5.56 Å². The van der Waals surface area contributed by atoms with Crippen LogP contribution in [-0.4, -0.2) is 0 Å². The zero-order valence-electron chi connectivity index (χ0n) is 5.33. The van der Waals surface area contributed by atoms with Crippen LogP contribution >= 0.6 is 0 Å². The number of anilines is 1. The van der Waals surface area contributed by atoms with Gasteiger partial charge in [0.15, 0.2) is 5.75 Å². The van der Waals surface area contributed by atoms with Crippen LogP contribution < -0.4 is 10.6 Å². The summed E-state index contributed by atoms with van der Waals surface area (Å²) in [7, 11) is 0. The quantitative estimate of drug-likeness (QED) is 0.430. The highest BCUT2D eigenvalue weighted by molar-refractivity contribution is 5.56. The molecule has 0 bridgehead atoms. The normalized spacial score (nSPS) is 14.4. The largest absolute Gasteiger partial charge is 0.396 e. The van der Waals surface area contributed by atoms with Crippen molar-refractivity contribution in [2.24, 2.45) is 0 Å². The number of benzene rings is 1. The lowest BCUT2D eigenvalue weighted by Gasteiger charge is -1.96. The molecule has 0 saturated heterocycles. The van der Waals surface area contributed by atoms with Crippen molar-refractivity contribution in [3.8, 4) is 5.75 Å². The van der Waals surface area contributed by atoms with Gasteiger partial charge < -0.3 is 10.6 Å². The molecular weight excluding hydrogens is 130 g/mol. The molecule has 0 unspecified atom stereocenters. The van der Waals surface area contributed by atoms with Crippen molar-refractivity contribution in [3.63, 3.8) is 0 Å². The van der Waals surface area contributed by atoms with Crippen molar-refractivity contribution in [1.29, 1.82) is 0 Å². The summed E-state index contributed by atoms with van der Waals surface area (Å²) in [6.07, 6.45) is 0. The molecule has 3 heteroatoms. The first-order valence-electron chi connectivity index (χ1n) is 3.05. The number of hydrogen-bond acceptors (Lipinski definition) is 3. The van der Waals surface area contributed by atoms with Crippen LogP contribution in [0, 0.1) is 0 Å². The predicted octanol–water partition coefficient (Wildman–Crippen LogP) is 1.09. The average molecular weight is 137 g/mol. The predicted molar refractivity (Wildman–Crippen MR) is 36.3 cm³/mol. The van der Waals surface area contributed by atoms with Gasteiger partial charge in [-0.15, -0.1) is 0 Å². The lowest BCUT2D eigenvalue weighted by Crippen LogP contribution is -1.89. The molecule has 2 rings (SSSR count). The summed E-state index contributed by atoms with van der Waals surface area (Å²) in [5, 5.41) is 0. The highest BCUT2D eigenvalue weighted by Gasteiger charge is 2.15. The van der Waals surface area contributed by atoms with Crippen LogP contribution in [0.15, 0.2) is 18.2 Å². The van der Waals surface area contributed by atoms with E-state index in [2.05, 4.69) is 0 Å². The van der Waals surface area contributed by atoms with Crippen molar-refractivity contribution in [2.45, 2.75) is 6.61 Å². The second-order valence-electron chi connectivity index (χ2n) is 2.18. The van der Waals surface area contributed by atoms with E-state index in [1.54, 1.807) is 6.07 Å². The number of nitrogen functional groups attached to an aromatic ring is 1. The highest BCUT2D eigenvalue weighted by atomic mass is 17.2. The van der Waals surface area contributed by atoms with Crippen LogP contribution in [0.4, 0.5) is 5.69 Å². The summed E-state index contributed by atoms with van der Waals surface area (Å²) in [6.45, 7) is 0.500. The molecule has 0 aliphatic carbocycles. The molecule has 0 radical (unpaired) electrons. The van der Waals surface area contributed by atoms with Gasteiger partial charge in [-0.3, -0.25) is 0 Å². The number of para-hydroxylation sites is 1. The maximum Gasteiger partial charge on any atom is 0.193 e. The Labute approximate surface area is 58.3 Å². The molecular formula is C7H7NO2. The van der Waals surface area contributed by atoms with E-state index < -0.39 is 0 Å². The van der Waals surface area contributed by atoms with Crippen LogP contribution in [0.3, 0.4) is 0 Å². The van der Waals surface area contributed by atoms with E-state index in [4.69, 9.17) is 15.5 Å². The number of nitrogens with two attached hydrogens (primary N) is 1. The molecule has 0 fully saturated rings. The van der Waals surface area contributed by atoms with E-state index in [9.17, 15) is 0 Å². The summed E-state index contributed by atoms with van der Waals surface area (Å²) < 4.78 is 0. The van der Waals surface area contributed by atoms with Crippen molar-refractivity contribution in [2.75, 3.05) is 5.73 Å². The Balaban J connectivity index is 2.59. The third-order valence-electron chi connectivity index (χ3n) is 1.48. The fourth-order valence-electron chi connectivity index (χ4n) is 0.972. The molecule has 2 N–H and O–H groups in total. The zero-order chi connectivity index (χ0) is 6.97. The Morgan fingerprint density at radius 2 is 2.30 bits per heavy atom. The lowest BCUT2D eigenvalue weighted by atomic mass is 10.2. The Kier molecular flexibility index (Phi) is 1.05. The molecule has 1 aliphatic rings. The maximum atomic E-state index is 5.57. The Hall–Kier alpha value is -1.22. The molecule has 0 spiro atoms. The first-order valence-corrected chi connectivity index (χ1v) is 3.05. The number of fused-ring (bicyclic) bond motifs is 1. The van der Waals surface area contributed by atoms with E-state index in [-0.39, 0.29) is 0 Å². The lowest BCUT2D eigenvalue weighted by molar-refractivity contribution is -0.194. The SMILES string of the molecule is Nc1cccc2c1OOC2. The molecule has 1 heterocycles. The van der Waals surface area contributed by atoms with Gasteiger partial charge in [-0.05, 0) is 6.07 Å². The Morgan fingerprint density at radius 3 is 3.10 bits per heavy atom. The Bertz CT molecular complexity index is 260. The average Bonchev–Trinajstić information content (AvgIpc) is 2.36. The number of hydrogen-bond donors (Lipinski definition) is 1. The van der Waals surface area contributed by atoms with Crippen LogP contribution in [0.1, 0.15) is 5.56 Å². The minimum absolute atomic E-state index is 0.500. The second-order valence-corrected chi connectivity index (χ2v) is 2.18. The van der Waals surface area contributed by atoms with E-state index in [1.165, 1.54) is 0 Å². The standard InChI is InChI=1S/C7H7NO2/c8-6-3-1-2-5-4-9-10-7(5)6/h1-3H,4,8H2. The van der Waals surface area contributed by atoms with Crippen molar-refractivity contribution in [3.05, 3.63) is 23.8 Å². The molecule has 0 saturated carbocycles. The van der Waals surface area contributed by atoms with Crippen LogP contribution in [0.5, 0.6) is 5.75 Å². The van der Waals surface area contributed by atoms with Gasteiger partial charge in [0.25, 0.3) is 0 Å². The summed E-state index contributed by atoms with van der Waals surface area (Å²) in [4.78, 5) is 9.52. The van der Waals surface area contributed by atoms with Gasteiger partial charge in [-0.1, -0.05) is 12.1 Å². The summed E-state index contributed by atoms with van der Waals surface area (Å²) in [6, 6.07) is 5.60. The van der Waals surface area contributed by atoms with Crippen LogP contribution in [-0.2, 0) is 11.5 Å². The summed E-state index contributed by atoms with van der Waals surface area (Å²) in [5.74, 6) is 0.669. The summed E-state index contributed by atoms with van der Waals surface area (Å²) in [5.41, 5.74) is 7.22. The molecule has 10 heavy (non-hydrogen) atoms. The van der Waals surface area contributed by atoms with E-state index in [1.807, 2.05) is 12.1 Å². The molecule has 0 amide bonds. The molecule has 52 valence electrons. The first kappa shape index (κ1) is 5.56. The second kappa shape index (κ2) is 1.88. The van der Waals surface area contributed by atoms with Gasteiger partial charge in [0.1, 0.15) is 6.61 Å². The van der Waals surface area contributed by atoms with Crippen molar-refractivity contribution < 1.29 is 9.78 Å². The van der Waals surface area contributed by atoms with Crippen LogP contribution in [0.2, 0.25) is 0 Å². The molecule has 0 atom stereocenters. The van der Waals surface area contributed by atoms with E-state index in [0.717, 1.165) is 5.56 Å². The van der Waals surface area contributed by atoms with Gasteiger partial charge in [0.2, 0.25) is 0 Å². The molecule has 1 aromatic carbocycles. The van der Waals surface area contributed by atoms with E-state index >= 15 is 0 Å². The molecule has 0 aromatic heterocycles. The third kappa shape index (κ3) is 0.642. The molecule has 1 aliphatic heterocycles. The fraction of sp³-hybridized carbons (Fsp3) is 0.143. The summed E-state index contributed by atoms with van der Waals surface area (Å²) >= 11 is 0. The van der Waals surface area contributed by atoms with Crippen molar-refractivity contribution in [1.82, 2.24) is 0 Å². The smallest absolute Gasteiger partial charge is 0.193 e. The van der Waals surface area contributed by atoms with Crippen LogP contribution in [0.25, 0.3) is 0 Å². The monoisotopic (exact) mass is 137 g/mol. The Morgan fingerprint density at radius 1 is 1.40 bits per heavy atom. The zero-order valence-corrected chi connectivity index (χ0v) is 5.33. The first-order chi connectivity index (χ1) is 4.88. The molecule has 1 aromatic rings. The third-order valence-corrected chi connectivity index (χ3v) is 1.48. The van der Waals surface area contributed by atoms with E-state index in [0.29, 0.717) is 18.0 Å². The van der Waals surface area contributed by atoms with Gasteiger partial charge in [0.05, 0.1) is 5.69 Å². The number of rotatable bonds is 0. The van der Waals surface area contributed by atoms with Crippen molar-refractivity contribution >= 4 is 5.69 Å². The minimum Gasteiger partial charge on any atom is -0.396 e. The maximum absolute atomic E-state index is 5.57. The molecule has 3 nitrogen and oxygen atoms in total. The van der Waals surface area contributed by atoms with Gasteiger partial charge >= 0.3 is 0 Å². The van der Waals surface area contributed by atoms with Gasteiger partial charge in [-0.2, -0.15) is 4.89 Å². The topological polar surface area (TPSA) is 44.5 Å².